The molecular formula is C13H13BrClN3. The monoisotopic (exact) mass is 325 g/mol. The molecule has 0 aliphatic heterocycles. The van der Waals surface area contributed by atoms with Gasteiger partial charge in [0, 0.05) is 28.8 Å². The van der Waals surface area contributed by atoms with Crippen LogP contribution in [0.25, 0.3) is 11.4 Å². The van der Waals surface area contributed by atoms with Gasteiger partial charge in [0.25, 0.3) is 0 Å². The predicted molar refractivity (Wildman–Crippen MR) is 79.1 cm³/mol. The number of aryl methyl sites for hydroxylation is 1. The molecule has 0 aliphatic rings. The molecule has 0 spiro atoms. The lowest BCUT2D eigenvalue weighted by molar-refractivity contribution is 1.01. The Labute approximate surface area is 120 Å². The molecule has 2 rings (SSSR count). The second-order valence-corrected chi connectivity index (χ2v) is 5.06. The summed E-state index contributed by atoms with van der Waals surface area (Å²) in [5.41, 5.74) is 1.92. The lowest BCUT2D eigenvalue weighted by Gasteiger charge is -2.07. The smallest absolute Gasteiger partial charge is 0.161 e. The summed E-state index contributed by atoms with van der Waals surface area (Å²) in [6.45, 7) is 2.07. The first kappa shape index (κ1) is 13.3. The Morgan fingerprint density at radius 1 is 1.28 bits per heavy atom. The minimum atomic E-state index is 0.656. The fourth-order valence-corrected chi connectivity index (χ4v) is 2.00. The van der Waals surface area contributed by atoms with Crippen molar-refractivity contribution >= 4 is 33.3 Å². The Balaban J connectivity index is 2.51. The van der Waals surface area contributed by atoms with E-state index in [4.69, 9.17) is 11.6 Å². The minimum absolute atomic E-state index is 0.656. The summed E-state index contributed by atoms with van der Waals surface area (Å²) in [5.74, 6) is 1.50. The second-order valence-electron chi connectivity index (χ2n) is 3.80. The van der Waals surface area contributed by atoms with Gasteiger partial charge in [-0.25, -0.2) is 9.97 Å². The zero-order valence-corrected chi connectivity index (χ0v) is 12.5. The number of benzene rings is 1. The Kier molecular flexibility index (Phi) is 4.19. The van der Waals surface area contributed by atoms with E-state index in [2.05, 4.69) is 38.1 Å². The van der Waals surface area contributed by atoms with E-state index in [0.717, 1.165) is 28.0 Å². The molecule has 0 atom stereocenters. The Hall–Kier alpha value is -1.13. The Morgan fingerprint density at radius 3 is 2.67 bits per heavy atom. The molecule has 0 bridgehead atoms. The predicted octanol–water partition coefficient (Wildman–Crippen LogP) is 4.16. The van der Waals surface area contributed by atoms with Crippen LogP contribution in [-0.4, -0.2) is 17.0 Å². The summed E-state index contributed by atoms with van der Waals surface area (Å²) < 4.78 is 0.869. The maximum absolute atomic E-state index is 6.09. The molecule has 0 fully saturated rings. The molecule has 2 aromatic rings. The summed E-state index contributed by atoms with van der Waals surface area (Å²) in [6, 6.07) is 7.66. The third kappa shape index (κ3) is 2.82. The highest BCUT2D eigenvalue weighted by Gasteiger charge is 2.07. The fraction of sp³-hybridized carbons (Fsp3) is 0.231. The molecular weight excluding hydrogens is 314 g/mol. The van der Waals surface area contributed by atoms with E-state index < -0.39 is 0 Å². The van der Waals surface area contributed by atoms with Crippen LogP contribution < -0.4 is 5.32 Å². The van der Waals surface area contributed by atoms with Crippen LogP contribution in [0.2, 0.25) is 5.02 Å². The molecule has 0 radical (unpaired) electrons. The van der Waals surface area contributed by atoms with Crippen molar-refractivity contribution in [2.75, 3.05) is 12.4 Å². The van der Waals surface area contributed by atoms with Gasteiger partial charge in [0.1, 0.15) is 5.82 Å². The van der Waals surface area contributed by atoms with E-state index in [1.807, 2.05) is 31.3 Å². The molecule has 1 heterocycles. The first-order chi connectivity index (χ1) is 8.63. The van der Waals surface area contributed by atoms with Crippen molar-refractivity contribution < 1.29 is 0 Å². The lowest BCUT2D eigenvalue weighted by atomic mass is 10.2. The normalized spacial score (nSPS) is 10.4. The average Bonchev–Trinajstić information content (AvgIpc) is 2.41. The van der Waals surface area contributed by atoms with Crippen LogP contribution in [0.4, 0.5) is 5.82 Å². The molecule has 5 heteroatoms. The van der Waals surface area contributed by atoms with Gasteiger partial charge in [-0.15, -0.1) is 0 Å². The van der Waals surface area contributed by atoms with Crippen LogP contribution in [0.3, 0.4) is 0 Å². The highest BCUT2D eigenvalue weighted by Crippen LogP contribution is 2.27. The van der Waals surface area contributed by atoms with Gasteiger partial charge < -0.3 is 5.32 Å². The molecule has 18 heavy (non-hydrogen) atoms. The standard InChI is InChI=1S/C13H13BrClN3/c1-3-9-7-12(16-2)18-13(17-9)8-4-5-10(14)11(15)6-8/h4-7H,3H2,1-2H3,(H,16,17,18). The number of nitrogens with zero attached hydrogens (tertiary/aromatic N) is 2. The number of nitrogens with one attached hydrogen (secondary N) is 1. The van der Waals surface area contributed by atoms with Gasteiger partial charge in [-0.05, 0) is 40.5 Å². The largest absolute Gasteiger partial charge is 0.373 e. The van der Waals surface area contributed by atoms with Gasteiger partial charge in [-0.3, -0.25) is 0 Å². The molecule has 94 valence electrons. The zero-order chi connectivity index (χ0) is 13.1. The summed E-state index contributed by atoms with van der Waals surface area (Å²) in [7, 11) is 1.85. The summed E-state index contributed by atoms with van der Waals surface area (Å²) in [4.78, 5) is 8.96. The zero-order valence-electron chi connectivity index (χ0n) is 10.2. The van der Waals surface area contributed by atoms with Gasteiger partial charge in [-0.2, -0.15) is 0 Å². The van der Waals surface area contributed by atoms with E-state index in [0.29, 0.717) is 10.8 Å². The fourth-order valence-electron chi connectivity index (χ4n) is 1.57. The molecule has 0 amide bonds. The van der Waals surface area contributed by atoms with Crippen molar-refractivity contribution in [3.63, 3.8) is 0 Å². The van der Waals surface area contributed by atoms with Crippen molar-refractivity contribution in [2.45, 2.75) is 13.3 Å². The van der Waals surface area contributed by atoms with E-state index in [9.17, 15) is 0 Å². The number of rotatable bonds is 3. The van der Waals surface area contributed by atoms with Crippen LogP contribution in [-0.2, 0) is 6.42 Å². The van der Waals surface area contributed by atoms with Gasteiger partial charge in [0.15, 0.2) is 5.82 Å². The molecule has 0 aliphatic carbocycles. The van der Waals surface area contributed by atoms with E-state index in [1.165, 1.54) is 0 Å². The molecule has 0 saturated heterocycles. The number of anilines is 1. The molecule has 1 N–H and O–H groups in total. The second kappa shape index (κ2) is 5.67. The van der Waals surface area contributed by atoms with Crippen molar-refractivity contribution in [3.05, 3.63) is 39.5 Å². The van der Waals surface area contributed by atoms with Crippen molar-refractivity contribution in [1.82, 2.24) is 9.97 Å². The lowest BCUT2D eigenvalue weighted by Crippen LogP contribution is -2.00. The highest BCUT2D eigenvalue weighted by atomic mass is 79.9. The van der Waals surface area contributed by atoms with Crippen molar-refractivity contribution in [2.24, 2.45) is 0 Å². The number of aromatic nitrogens is 2. The van der Waals surface area contributed by atoms with Crippen LogP contribution in [0.15, 0.2) is 28.7 Å². The number of halogens is 2. The maximum Gasteiger partial charge on any atom is 0.161 e. The first-order valence-electron chi connectivity index (χ1n) is 5.65. The van der Waals surface area contributed by atoms with Gasteiger partial charge in [-0.1, -0.05) is 18.5 Å². The van der Waals surface area contributed by atoms with E-state index >= 15 is 0 Å². The maximum atomic E-state index is 6.09. The van der Waals surface area contributed by atoms with Gasteiger partial charge in [0.05, 0.1) is 5.02 Å². The van der Waals surface area contributed by atoms with Crippen molar-refractivity contribution in [1.29, 1.82) is 0 Å². The van der Waals surface area contributed by atoms with E-state index in [1.54, 1.807) is 0 Å². The number of hydrogen-bond donors (Lipinski definition) is 1. The SMILES string of the molecule is CCc1cc(NC)nc(-c2ccc(Br)c(Cl)c2)n1. The van der Waals surface area contributed by atoms with E-state index in [-0.39, 0.29) is 0 Å². The molecule has 3 nitrogen and oxygen atoms in total. The molecule has 0 saturated carbocycles. The van der Waals surface area contributed by atoms with Crippen molar-refractivity contribution in [3.8, 4) is 11.4 Å². The molecule has 0 unspecified atom stereocenters. The van der Waals surface area contributed by atoms with Crippen LogP contribution in [0.1, 0.15) is 12.6 Å². The summed E-state index contributed by atoms with van der Waals surface area (Å²) in [5, 5.41) is 3.70. The highest BCUT2D eigenvalue weighted by molar-refractivity contribution is 9.10. The van der Waals surface area contributed by atoms with Gasteiger partial charge >= 0.3 is 0 Å². The third-order valence-corrected chi connectivity index (χ3v) is 3.81. The first-order valence-corrected chi connectivity index (χ1v) is 6.82. The average molecular weight is 327 g/mol. The quantitative estimate of drug-likeness (QED) is 0.920. The van der Waals surface area contributed by atoms with Crippen LogP contribution >= 0.6 is 27.5 Å². The third-order valence-electron chi connectivity index (χ3n) is 2.58. The Morgan fingerprint density at radius 2 is 2.06 bits per heavy atom. The molecule has 1 aromatic heterocycles. The van der Waals surface area contributed by atoms with Gasteiger partial charge in [0.2, 0.25) is 0 Å². The summed E-state index contributed by atoms with van der Waals surface area (Å²) >= 11 is 9.47. The van der Waals surface area contributed by atoms with Crippen LogP contribution in [0.5, 0.6) is 0 Å². The topological polar surface area (TPSA) is 37.8 Å². The number of hydrogen-bond acceptors (Lipinski definition) is 3. The molecule has 1 aromatic carbocycles. The minimum Gasteiger partial charge on any atom is -0.373 e. The van der Waals surface area contributed by atoms with Crippen LogP contribution in [0, 0.1) is 0 Å². The Bertz CT molecular complexity index is 550. The summed E-state index contributed by atoms with van der Waals surface area (Å²) in [6.07, 6.45) is 0.870.